The quantitative estimate of drug-likeness (QED) is 0.509. The maximum atomic E-state index is 11.6. The van der Waals surface area contributed by atoms with E-state index < -0.39 is 18.0 Å². The van der Waals surface area contributed by atoms with E-state index in [1.165, 1.54) is 19.8 Å². The molecule has 2 saturated heterocycles. The summed E-state index contributed by atoms with van der Waals surface area (Å²) < 4.78 is 10.1. The van der Waals surface area contributed by atoms with E-state index in [0.717, 1.165) is 51.0 Å². The van der Waals surface area contributed by atoms with Crippen molar-refractivity contribution in [2.24, 2.45) is 0 Å². The number of hydrogen-bond donors (Lipinski definition) is 1. The first-order chi connectivity index (χ1) is 13.0. The van der Waals surface area contributed by atoms with E-state index in [1.807, 2.05) is 24.3 Å². The van der Waals surface area contributed by atoms with E-state index in [1.54, 1.807) is 6.92 Å². The van der Waals surface area contributed by atoms with E-state index in [9.17, 15) is 9.59 Å². The Morgan fingerprint density at radius 2 is 1.57 bits per heavy atom. The third kappa shape index (κ3) is 8.12. The second-order valence-corrected chi connectivity index (χ2v) is 7.17. The molecule has 0 saturated carbocycles. The lowest BCUT2D eigenvalue weighted by Crippen LogP contribution is -2.52. The molecule has 10 heteroatoms. The highest BCUT2D eigenvalue weighted by atomic mass is 35.5. The van der Waals surface area contributed by atoms with Crippen molar-refractivity contribution < 1.29 is 19.1 Å². The van der Waals surface area contributed by atoms with Crippen LogP contribution in [0.4, 0.5) is 5.69 Å². The topological polar surface area (TPSA) is 71.1 Å². The lowest BCUT2D eigenvalue weighted by atomic mass is 10.0. The number of nitrogens with zero attached hydrogens (tertiary/aromatic N) is 2. The number of halogens is 3. The summed E-state index contributed by atoms with van der Waals surface area (Å²) in [4.78, 5) is 27.5. The molecular weight excluding hydrogens is 453 g/mol. The zero-order valence-corrected chi connectivity index (χ0v) is 19.8. The zero-order valence-electron chi connectivity index (χ0n) is 17.4. The van der Waals surface area contributed by atoms with Crippen molar-refractivity contribution in [3.63, 3.8) is 0 Å². The Bertz CT molecular complexity index is 649. The van der Waals surface area contributed by atoms with E-state index in [2.05, 4.69) is 19.9 Å². The van der Waals surface area contributed by atoms with Gasteiger partial charge in [0.05, 0.1) is 0 Å². The average Bonchev–Trinajstić information content (AvgIpc) is 2.69. The van der Waals surface area contributed by atoms with Crippen LogP contribution in [0.15, 0.2) is 24.3 Å². The Morgan fingerprint density at radius 3 is 2.10 bits per heavy atom. The van der Waals surface area contributed by atoms with E-state index in [-0.39, 0.29) is 37.2 Å². The molecule has 1 aromatic rings. The van der Waals surface area contributed by atoms with Gasteiger partial charge in [-0.2, -0.15) is 0 Å². The predicted molar refractivity (Wildman–Crippen MR) is 125 cm³/mol. The molecule has 1 N–H and O–H groups in total. The van der Waals surface area contributed by atoms with Crippen LogP contribution in [0.3, 0.4) is 0 Å². The van der Waals surface area contributed by atoms with E-state index >= 15 is 0 Å². The molecule has 1 atom stereocenters. The smallest absolute Gasteiger partial charge is 0.354 e. The molecule has 0 radical (unpaired) electrons. The van der Waals surface area contributed by atoms with Crippen molar-refractivity contribution in [3.8, 4) is 5.75 Å². The maximum Gasteiger partial charge on any atom is 0.354 e. The normalized spacial score (nSPS) is 18.1. The third-order valence-electron chi connectivity index (χ3n) is 5.23. The van der Waals surface area contributed by atoms with Gasteiger partial charge < -0.3 is 19.7 Å². The Labute approximate surface area is 197 Å². The molecule has 0 bridgehead atoms. The Morgan fingerprint density at radius 1 is 1.00 bits per heavy atom. The van der Waals surface area contributed by atoms with Crippen LogP contribution in [0.5, 0.6) is 5.75 Å². The van der Waals surface area contributed by atoms with Crippen LogP contribution in [0.1, 0.15) is 26.7 Å². The Balaban J connectivity index is 0.00000280. The molecule has 0 aromatic heterocycles. The maximum absolute atomic E-state index is 11.6. The summed E-state index contributed by atoms with van der Waals surface area (Å²) in [5.41, 5.74) is 1.16. The first kappa shape index (κ1) is 28.8. The number of piperazine rings is 1. The van der Waals surface area contributed by atoms with Gasteiger partial charge in [0, 0.05) is 44.8 Å². The van der Waals surface area contributed by atoms with Crippen LogP contribution < -0.4 is 15.0 Å². The number of nitrogens with one attached hydrogen (secondary N) is 1. The first-order valence-electron chi connectivity index (χ1n) is 9.71. The van der Waals surface area contributed by atoms with Crippen LogP contribution in [0.2, 0.25) is 0 Å². The van der Waals surface area contributed by atoms with Gasteiger partial charge in [0.15, 0.2) is 6.10 Å². The fourth-order valence-corrected chi connectivity index (χ4v) is 3.73. The third-order valence-corrected chi connectivity index (χ3v) is 5.23. The van der Waals surface area contributed by atoms with Gasteiger partial charge in [-0.15, -0.1) is 37.2 Å². The fraction of sp³-hybridized carbons (Fsp3) is 0.600. The van der Waals surface area contributed by atoms with Crippen molar-refractivity contribution in [3.05, 3.63) is 24.3 Å². The summed E-state index contributed by atoms with van der Waals surface area (Å²) in [7, 11) is 0. The summed E-state index contributed by atoms with van der Waals surface area (Å²) in [6, 6.07) is 8.45. The number of hydrogen-bond acceptors (Lipinski definition) is 7. The number of esters is 2. The highest BCUT2D eigenvalue weighted by molar-refractivity contribution is 5.86. The molecule has 7 nitrogen and oxygen atoms in total. The summed E-state index contributed by atoms with van der Waals surface area (Å²) in [6.07, 6.45) is 1.67. The van der Waals surface area contributed by atoms with Gasteiger partial charge in [-0.05, 0) is 57.1 Å². The molecule has 2 fully saturated rings. The second kappa shape index (κ2) is 13.9. The van der Waals surface area contributed by atoms with Crippen molar-refractivity contribution in [1.29, 1.82) is 0 Å². The molecule has 0 spiro atoms. The van der Waals surface area contributed by atoms with Crippen LogP contribution in [0.25, 0.3) is 0 Å². The fourth-order valence-electron chi connectivity index (χ4n) is 3.73. The molecule has 2 aliphatic heterocycles. The molecule has 0 amide bonds. The van der Waals surface area contributed by atoms with Crippen molar-refractivity contribution in [1.82, 2.24) is 10.2 Å². The monoisotopic (exact) mass is 483 g/mol. The lowest BCUT2D eigenvalue weighted by Gasteiger charge is -2.41. The van der Waals surface area contributed by atoms with Crippen LogP contribution in [-0.2, 0) is 14.3 Å². The van der Waals surface area contributed by atoms with Crippen LogP contribution >= 0.6 is 37.2 Å². The molecule has 30 heavy (non-hydrogen) atoms. The molecule has 2 heterocycles. The summed E-state index contributed by atoms with van der Waals surface area (Å²) in [6.45, 7) is 9.25. The zero-order chi connectivity index (χ0) is 19.2. The van der Waals surface area contributed by atoms with Gasteiger partial charge in [0.1, 0.15) is 5.75 Å². The molecule has 2 aliphatic rings. The van der Waals surface area contributed by atoms with Gasteiger partial charge in [-0.1, -0.05) is 0 Å². The average molecular weight is 485 g/mol. The van der Waals surface area contributed by atoms with Gasteiger partial charge in [0.2, 0.25) is 0 Å². The minimum Gasteiger partial charge on any atom is -0.479 e. The Kier molecular flexibility index (Phi) is 13.4. The number of anilines is 1. The van der Waals surface area contributed by atoms with E-state index in [0.29, 0.717) is 5.75 Å². The number of benzene rings is 1. The first-order valence-corrected chi connectivity index (χ1v) is 9.71. The van der Waals surface area contributed by atoms with Crippen molar-refractivity contribution in [2.45, 2.75) is 38.8 Å². The van der Waals surface area contributed by atoms with Crippen molar-refractivity contribution in [2.75, 3.05) is 44.2 Å². The lowest BCUT2D eigenvalue weighted by molar-refractivity contribution is -0.162. The molecule has 1 aromatic carbocycles. The second-order valence-electron chi connectivity index (χ2n) is 7.17. The molecular formula is C20H32Cl3N3O4. The predicted octanol–water partition coefficient (Wildman–Crippen LogP) is 2.68. The SMILES string of the molecule is CC(=O)OC(=O)C(C)Oc1ccc(N2CCN(C3CCNCC3)CC2)cc1.Cl.Cl.Cl. The largest absolute Gasteiger partial charge is 0.479 e. The number of rotatable bonds is 5. The number of carbonyl (C=O) groups excluding carboxylic acids is 2. The molecule has 172 valence electrons. The highest BCUT2D eigenvalue weighted by Crippen LogP contribution is 2.23. The summed E-state index contributed by atoms with van der Waals surface area (Å²) >= 11 is 0. The highest BCUT2D eigenvalue weighted by Gasteiger charge is 2.25. The van der Waals surface area contributed by atoms with Gasteiger partial charge >= 0.3 is 11.9 Å². The van der Waals surface area contributed by atoms with E-state index in [4.69, 9.17) is 4.74 Å². The van der Waals surface area contributed by atoms with Gasteiger partial charge in [-0.25, -0.2) is 4.79 Å². The number of ether oxygens (including phenoxy) is 2. The summed E-state index contributed by atoms with van der Waals surface area (Å²) in [5.74, 6) is -0.727. The molecule has 0 aliphatic carbocycles. The number of carbonyl (C=O) groups is 2. The van der Waals surface area contributed by atoms with Crippen molar-refractivity contribution >= 4 is 54.8 Å². The van der Waals surface area contributed by atoms with Gasteiger partial charge in [0.25, 0.3) is 0 Å². The van der Waals surface area contributed by atoms with Crippen LogP contribution in [0, 0.1) is 0 Å². The standard InChI is InChI=1S/C20H29N3O4.3ClH/c1-15(20(25)27-16(2)24)26-19-5-3-17(4-6-19)22-11-13-23(14-12-22)18-7-9-21-10-8-18;;;/h3-6,15,18,21H,7-14H2,1-2H3;3*1H. The number of piperidine rings is 1. The molecule has 1 unspecified atom stereocenters. The van der Waals surface area contributed by atoms with Crippen LogP contribution in [-0.4, -0.2) is 68.3 Å². The van der Waals surface area contributed by atoms with Gasteiger partial charge in [-0.3, -0.25) is 9.69 Å². The minimum absolute atomic E-state index is 0. The molecule has 3 rings (SSSR count). The summed E-state index contributed by atoms with van der Waals surface area (Å²) in [5, 5.41) is 3.43. The minimum atomic E-state index is -0.826. The Hall–Kier alpha value is -1.25.